The number of carbonyl (C=O) groups is 3. The van der Waals surface area contributed by atoms with E-state index in [-0.39, 0.29) is 16.7 Å². The maximum atomic E-state index is 12.6. The second kappa shape index (κ2) is 6.95. The molecular weight excluding hydrogens is 352 g/mol. The molecule has 1 aromatic carbocycles. The number of amides is 2. The number of hydrogen-bond acceptors (Lipinski definition) is 5. The van der Waals surface area contributed by atoms with Crippen LogP contribution >= 0.6 is 11.8 Å². The van der Waals surface area contributed by atoms with Crippen LogP contribution in [0.15, 0.2) is 18.2 Å². The van der Waals surface area contributed by atoms with Crippen LogP contribution in [0.1, 0.15) is 37.8 Å². The number of esters is 1. The summed E-state index contributed by atoms with van der Waals surface area (Å²) in [6.45, 7) is 7.37. The average molecular weight is 376 g/mol. The highest BCUT2D eigenvalue weighted by Gasteiger charge is 2.53. The summed E-state index contributed by atoms with van der Waals surface area (Å²) in [4.78, 5) is 38.4. The zero-order chi connectivity index (χ0) is 19.1. The minimum absolute atomic E-state index is 0.0214. The Hall–Kier alpha value is -2.02. The van der Waals surface area contributed by atoms with Crippen molar-refractivity contribution in [3.63, 3.8) is 0 Å². The summed E-state index contributed by atoms with van der Waals surface area (Å²) in [5.74, 6) is -0.410. The fourth-order valence-corrected chi connectivity index (χ4v) is 4.82. The minimum atomic E-state index is -0.933. The molecule has 2 fully saturated rings. The topological polar surface area (TPSA) is 75.7 Å². The SMILES string of the molecule is Cc1ccc(C)c(NC(=O)[C@@H](C)OC(=O)[C@H]2CS[C@@]3(C)CCC(=O)N23)c1. The van der Waals surface area contributed by atoms with Crippen LogP contribution in [0.3, 0.4) is 0 Å². The van der Waals surface area contributed by atoms with Crippen molar-refractivity contribution < 1.29 is 19.1 Å². The molecule has 0 radical (unpaired) electrons. The Bertz CT molecular complexity index is 766. The predicted molar refractivity (Wildman–Crippen MR) is 101 cm³/mol. The Labute approximate surface area is 157 Å². The number of carbonyl (C=O) groups excluding carboxylic acids is 3. The van der Waals surface area contributed by atoms with E-state index in [0.717, 1.165) is 17.5 Å². The third-order valence-corrected chi connectivity index (χ3v) is 6.54. The summed E-state index contributed by atoms with van der Waals surface area (Å²) in [7, 11) is 0. The van der Waals surface area contributed by atoms with Gasteiger partial charge in [0.1, 0.15) is 6.04 Å². The molecule has 7 heteroatoms. The zero-order valence-electron chi connectivity index (χ0n) is 15.5. The van der Waals surface area contributed by atoms with Gasteiger partial charge in [0.05, 0.1) is 4.87 Å². The molecule has 3 atom stereocenters. The van der Waals surface area contributed by atoms with Gasteiger partial charge in [0.25, 0.3) is 5.91 Å². The van der Waals surface area contributed by atoms with Crippen LogP contribution in [-0.2, 0) is 19.1 Å². The highest BCUT2D eigenvalue weighted by Crippen LogP contribution is 2.47. The summed E-state index contributed by atoms with van der Waals surface area (Å²) in [6.07, 6.45) is 0.260. The molecule has 1 N–H and O–H groups in total. The van der Waals surface area contributed by atoms with E-state index in [1.165, 1.54) is 0 Å². The van der Waals surface area contributed by atoms with E-state index in [0.29, 0.717) is 17.9 Å². The fraction of sp³-hybridized carbons (Fsp3) is 0.526. The minimum Gasteiger partial charge on any atom is -0.451 e. The fourth-order valence-electron chi connectivity index (χ4n) is 3.41. The number of rotatable bonds is 4. The van der Waals surface area contributed by atoms with Gasteiger partial charge < -0.3 is 15.0 Å². The lowest BCUT2D eigenvalue weighted by atomic mass is 10.1. The lowest BCUT2D eigenvalue weighted by Crippen LogP contribution is -2.48. The normalized spacial score (nSPS) is 25.8. The van der Waals surface area contributed by atoms with Gasteiger partial charge in [0, 0.05) is 17.9 Å². The number of ether oxygens (including phenoxy) is 1. The molecular formula is C19H24N2O4S. The molecule has 2 amide bonds. The molecule has 0 spiro atoms. The molecule has 140 valence electrons. The first-order chi connectivity index (χ1) is 12.2. The molecule has 26 heavy (non-hydrogen) atoms. The van der Waals surface area contributed by atoms with Gasteiger partial charge in [-0.15, -0.1) is 11.8 Å². The number of nitrogens with one attached hydrogen (secondary N) is 1. The number of thioether (sulfide) groups is 1. The van der Waals surface area contributed by atoms with Crippen molar-refractivity contribution in [1.29, 1.82) is 0 Å². The molecule has 3 rings (SSSR count). The zero-order valence-corrected chi connectivity index (χ0v) is 16.3. The first kappa shape index (κ1) is 18.8. The first-order valence-electron chi connectivity index (χ1n) is 8.76. The van der Waals surface area contributed by atoms with Gasteiger partial charge in [-0.2, -0.15) is 0 Å². The summed E-state index contributed by atoms with van der Waals surface area (Å²) in [6, 6.07) is 5.16. The van der Waals surface area contributed by atoms with Crippen molar-refractivity contribution in [3.8, 4) is 0 Å². The van der Waals surface area contributed by atoms with Crippen LogP contribution in [0, 0.1) is 13.8 Å². The highest BCUT2D eigenvalue weighted by molar-refractivity contribution is 8.01. The number of anilines is 1. The quantitative estimate of drug-likeness (QED) is 0.818. The lowest BCUT2D eigenvalue weighted by molar-refractivity contribution is -0.160. The maximum absolute atomic E-state index is 12.6. The number of aryl methyl sites for hydroxylation is 2. The van der Waals surface area contributed by atoms with Gasteiger partial charge in [-0.05, 0) is 51.3 Å². The van der Waals surface area contributed by atoms with Crippen LogP contribution in [0.25, 0.3) is 0 Å². The maximum Gasteiger partial charge on any atom is 0.330 e. The molecule has 0 bridgehead atoms. The smallest absolute Gasteiger partial charge is 0.330 e. The van der Waals surface area contributed by atoms with Crippen LogP contribution in [-0.4, -0.2) is 45.5 Å². The Kier molecular flexibility index (Phi) is 5.01. The standard InChI is InChI=1S/C19H24N2O4S/c1-11-5-6-12(2)14(9-11)20-17(23)13(3)25-18(24)15-10-26-19(4)8-7-16(22)21(15)19/h5-6,9,13,15H,7-8,10H2,1-4H3,(H,20,23)/t13-,15-,19+/m1/s1. The van der Waals surface area contributed by atoms with Crippen LogP contribution in [0.2, 0.25) is 0 Å². The molecule has 6 nitrogen and oxygen atoms in total. The van der Waals surface area contributed by atoms with Gasteiger partial charge in [0.15, 0.2) is 6.10 Å². The van der Waals surface area contributed by atoms with Gasteiger partial charge in [-0.1, -0.05) is 12.1 Å². The third kappa shape index (κ3) is 3.45. The van der Waals surface area contributed by atoms with Crippen molar-refractivity contribution in [2.45, 2.75) is 57.6 Å². The van der Waals surface area contributed by atoms with Crippen LogP contribution in [0.4, 0.5) is 5.69 Å². The third-order valence-electron chi connectivity index (χ3n) is 5.03. The van der Waals surface area contributed by atoms with Crippen molar-refractivity contribution in [3.05, 3.63) is 29.3 Å². The first-order valence-corrected chi connectivity index (χ1v) is 9.74. The summed E-state index contributed by atoms with van der Waals surface area (Å²) < 4.78 is 5.38. The van der Waals surface area contributed by atoms with E-state index in [4.69, 9.17) is 4.74 Å². The molecule has 0 aliphatic carbocycles. The van der Waals surface area contributed by atoms with E-state index in [1.807, 2.05) is 39.0 Å². The highest BCUT2D eigenvalue weighted by atomic mass is 32.2. The lowest BCUT2D eigenvalue weighted by Gasteiger charge is -2.29. The van der Waals surface area contributed by atoms with Crippen LogP contribution in [0.5, 0.6) is 0 Å². The molecule has 2 aliphatic rings. The molecule has 2 saturated heterocycles. The second-order valence-corrected chi connectivity index (χ2v) is 8.65. The van der Waals surface area contributed by atoms with Crippen molar-refractivity contribution in [2.75, 3.05) is 11.1 Å². The van der Waals surface area contributed by atoms with Gasteiger partial charge in [0.2, 0.25) is 5.91 Å². The molecule has 2 heterocycles. The number of fused-ring (bicyclic) bond motifs is 1. The Balaban J connectivity index is 1.63. The van der Waals surface area contributed by atoms with Crippen molar-refractivity contribution in [2.24, 2.45) is 0 Å². The van der Waals surface area contributed by atoms with E-state index in [9.17, 15) is 14.4 Å². The van der Waals surface area contributed by atoms with E-state index >= 15 is 0 Å². The van der Waals surface area contributed by atoms with Crippen molar-refractivity contribution >= 4 is 35.2 Å². The molecule has 0 unspecified atom stereocenters. The van der Waals surface area contributed by atoms with E-state index in [2.05, 4.69) is 5.32 Å². The molecule has 2 aliphatic heterocycles. The van der Waals surface area contributed by atoms with Gasteiger partial charge >= 0.3 is 5.97 Å². The summed E-state index contributed by atoms with van der Waals surface area (Å²) >= 11 is 1.60. The molecule has 1 aromatic rings. The summed E-state index contributed by atoms with van der Waals surface area (Å²) in [5.41, 5.74) is 2.68. The van der Waals surface area contributed by atoms with Crippen LogP contribution < -0.4 is 5.32 Å². The molecule has 0 aromatic heterocycles. The average Bonchev–Trinajstić information content (AvgIpc) is 3.07. The van der Waals surface area contributed by atoms with Gasteiger partial charge in [-0.3, -0.25) is 9.59 Å². The Morgan fingerprint density at radius 3 is 2.85 bits per heavy atom. The predicted octanol–water partition coefficient (Wildman–Crippen LogP) is 2.63. The Morgan fingerprint density at radius 2 is 2.12 bits per heavy atom. The number of benzene rings is 1. The number of hydrogen-bond donors (Lipinski definition) is 1. The summed E-state index contributed by atoms with van der Waals surface area (Å²) in [5, 5.41) is 2.81. The number of nitrogens with zero attached hydrogens (tertiary/aromatic N) is 1. The van der Waals surface area contributed by atoms with Crippen molar-refractivity contribution in [1.82, 2.24) is 4.90 Å². The monoisotopic (exact) mass is 376 g/mol. The van der Waals surface area contributed by atoms with Gasteiger partial charge in [-0.25, -0.2) is 4.79 Å². The molecule has 0 saturated carbocycles. The van der Waals surface area contributed by atoms with E-state index < -0.39 is 18.1 Å². The second-order valence-electron chi connectivity index (χ2n) is 7.15. The largest absolute Gasteiger partial charge is 0.451 e. The Morgan fingerprint density at radius 1 is 1.38 bits per heavy atom. The van der Waals surface area contributed by atoms with E-state index in [1.54, 1.807) is 23.6 Å².